The largest absolute Gasteiger partial charge is 0.491 e. The summed E-state index contributed by atoms with van der Waals surface area (Å²) >= 11 is 0. The van der Waals surface area contributed by atoms with Crippen molar-refractivity contribution in [3.8, 4) is 5.75 Å². The second-order valence-corrected chi connectivity index (χ2v) is 5.04. The number of benzene rings is 1. The smallest absolute Gasteiger partial charge is 0.123 e. The molecule has 2 rings (SSSR count). The molecule has 1 aromatic carbocycles. The molecule has 19 heavy (non-hydrogen) atoms. The van der Waals surface area contributed by atoms with Crippen molar-refractivity contribution in [3.63, 3.8) is 0 Å². The van der Waals surface area contributed by atoms with Crippen LogP contribution in [0.1, 0.15) is 12.5 Å². The van der Waals surface area contributed by atoms with E-state index in [1.807, 2.05) is 12.1 Å². The third-order valence-corrected chi connectivity index (χ3v) is 3.36. The summed E-state index contributed by atoms with van der Waals surface area (Å²) in [5, 5.41) is 3.46. The maximum atomic E-state index is 5.78. The van der Waals surface area contributed by atoms with Gasteiger partial charge >= 0.3 is 0 Å². The van der Waals surface area contributed by atoms with Crippen molar-refractivity contribution in [1.82, 2.24) is 10.2 Å². The van der Waals surface area contributed by atoms with Gasteiger partial charge in [-0.25, -0.2) is 0 Å². The molecule has 1 saturated heterocycles. The quantitative estimate of drug-likeness (QED) is 0.790. The zero-order chi connectivity index (χ0) is 13.5. The van der Waals surface area contributed by atoms with E-state index < -0.39 is 0 Å². The van der Waals surface area contributed by atoms with Gasteiger partial charge in [0.25, 0.3) is 0 Å². The molecule has 0 radical (unpaired) electrons. The van der Waals surface area contributed by atoms with Gasteiger partial charge in [-0.2, -0.15) is 0 Å². The van der Waals surface area contributed by atoms with Crippen molar-refractivity contribution in [1.29, 1.82) is 0 Å². The first-order valence-electron chi connectivity index (χ1n) is 6.95. The molecule has 1 heterocycles. The molecule has 0 saturated carbocycles. The molecule has 1 aliphatic heterocycles. The van der Waals surface area contributed by atoms with Crippen LogP contribution in [0.15, 0.2) is 24.3 Å². The number of piperazine rings is 1. The van der Waals surface area contributed by atoms with Crippen LogP contribution in [-0.4, -0.2) is 50.9 Å². The van der Waals surface area contributed by atoms with Crippen molar-refractivity contribution in [3.05, 3.63) is 29.8 Å². The zero-order valence-corrected chi connectivity index (χ0v) is 11.9. The predicted octanol–water partition coefficient (Wildman–Crippen LogP) is 1.51. The van der Waals surface area contributed by atoms with Crippen LogP contribution in [0.5, 0.6) is 5.75 Å². The van der Waals surface area contributed by atoms with E-state index in [4.69, 9.17) is 9.47 Å². The standard InChI is InChI=1S/C15H24N2O2/c1-13-11-17(8-7-16-13)12-14-5-3-4-6-15(14)19-10-9-18-2/h3-6,13,16H,7-12H2,1-2H3/t13-/m1/s1. The lowest BCUT2D eigenvalue weighted by Crippen LogP contribution is -2.48. The first-order valence-corrected chi connectivity index (χ1v) is 6.95. The Bertz CT molecular complexity index is 384. The molecule has 0 bridgehead atoms. The lowest BCUT2D eigenvalue weighted by Gasteiger charge is -2.32. The van der Waals surface area contributed by atoms with Gasteiger partial charge in [-0.1, -0.05) is 18.2 Å². The lowest BCUT2D eigenvalue weighted by atomic mass is 10.1. The fourth-order valence-electron chi connectivity index (χ4n) is 2.41. The fraction of sp³-hybridized carbons (Fsp3) is 0.600. The average molecular weight is 264 g/mol. The number of nitrogens with zero attached hydrogens (tertiary/aromatic N) is 1. The minimum atomic E-state index is 0.565. The molecule has 0 unspecified atom stereocenters. The van der Waals surface area contributed by atoms with Crippen molar-refractivity contribution < 1.29 is 9.47 Å². The minimum Gasteiger partial charge on any atom is -0.491 e. The van der Waals surface area contributed by atoms with Gasteiger partial charge in [0.2, 0.25) is 0 Å². The topological polar surface area (TPSA) is 33.7 Å². The number of hydrogen-bond acceptors (Lipinski definition) is 4. The second-order valence-electron chi connectivity index (χ2n) is 5.04. The Morgan fingerprint density at radius 2 is 2.16 bits per heavy atom. The fourth-order valence-corrected chi connectivity index (χ4v) is 2.41. The van der Waals surface area contributed by atoms with Gasteiger partial charge < -0.3 is 14.8 Å². The molecule has 1 aliphatic rings. The van der Waals surface area contributed by atoms with Crippen LogP contribution < -0.4 is 10.1 Å². The van der Waals surface area contributed by atoms with Gasteiger partial charge in [0.15, 0.2) is 0 Å². The summed E-state index contributed by atoms with van der Waals surface area (Å²) in [5.41, 5.74) is 1.26. The molecule has 0 amide bonds. The van der Waals surface area contributed by atoms with Crippen LogP contribution in [0.2, 0.25) is 0 Å². The third kappa shape index (κ3) is 4.49. The van der Waals surface area contributed by atoms with Crippen LogP contribution in [-0.2, 0) is 11.3 Å². The molecule has 1 N–H and O–H groups in total. The number of nitrogens with one attached hydrogen (secondary N) is 1. The highest BCUT2D eigenvalue weighted by Gasteiger charge is 2.16. The number of rotatable bonds is 6. The lowest BCUT2D eigenvalue weighted by molar-refractivity contribution is 0.144. The number of hydrogen-bond donors (Lipinski definition) is 1. The Hall–Kier alpha value is -1.10. The Morgan fingerprint density at radius 3 is 2.95 bits per heavy atom. The van der Waals surface area contributed by atoms with Crippen molar-refractivity contribution in [2.24, 2.45) is 0 Å². The number of methoxy groups -OCH3 is 1. The van der Waals surface area contributed by atoms with E-state index in [1.54, 1.807) is 7.11 Å². The van der Waals surface area contributed by atoms with E-state index in [0.717, 1.165) is 31.9 Å². The molecular formula is C15H24N2O2. The van der Waals surface area contributed by atoms with Crippen LogP contribution >= 0.6 is 0 Å². The van der Waals surface area contributed by atoms with E-state index in [9.17, 15) is 0 Å². The van der Waals surface area contributed by atoms with Gasteiger partial charge in [-0.3, -0.25) is 4.90 Å². The number of ether oxygens (including phenoxy) is 2. The summed E-state index contributed by atoms with van der Waals surface area (Å²) in [6.45, 7) is 7.66. The molecule has 4 heteroatoms. The summed E-state index contributed by atoms with van der Waals surface area (Å²) in [6, 6.07) is 8.84. The summed E-state index contributed by atoms with van der Waals surface area (Å²) < 4.78 is 10.8. The Kier molecular flexibility index (Phi) is 5.63. The van der Waals surface area contributed by atoms with Gasteiger partial charge in [0, 0.05) is 44.9 Å². The predicted molar refractivity (Wildman–Crippen MR) is 76.6 cm³/mol. The van der Waals surface area contributed by atoms with E-state index in [2.05, 4.69) is 29.3 Å². The van der Waals surface area contributed by atoms with Gasteiger partial charge in [-0.05, 0) is 13.0 Å². The highest BCUT2D eigenvalue weighted by molar-refractivity contribution is 5.33. The average Bonchev–Trinajstić information content (AvgIpc) is 2.41. The van der Waals surface area contributed by atoms with Crippen LogP contribution in [0.25, 0.3) is 0 Å². The minimum absolute atomic E-state index is 0.565. The van der Waals surface area contributed by atoms with E-state index in [1.165, 1.54) is 5.56 Å². The molecule has 0 aliphatic carbocycles. The summed E-state index contributed by atoms with van der Waals surface area (Å²) in [5.74, 6) is 0.978. The molecular weight excluding hydrogens is 240 g/mol. The van der Waals surface area contributed by atoms with Crippen LogP contribution in [0, 0.1) is 0 Å². The van der Waals surface area contributed by atoms with E-state index in [-0.39, 0.29) is 0 Å². The maximum absolute atomic E-state index is 5.78. The van der Waals surface area contributed by atoms with Crippen molar-refractivity contribution in [2.75, 3.05) is 40.0 Å². The summed E-state index contributed by atoms with van der Waals surface area (Å²) in [6.07, 6.45) is 0. The first kappa shape index (κ1) is 14.3. The van der Waals surface area contributed by atoms with Crippen molar-refractivity contribution in [2.45, 2.75) is 19.5 Å². The number of para-hydroxylation sites is 1. The Morgan fingerprint density at radius 1 is 1.32 bits per heavy atom. The van der Waals surface area contributed by atoms with Gasteiger partial charge in [0.05, 0.1) is 6.61 Å². The SMILES string of the molecule is COCCOc1ccccc1CN1CCN[C@H](C)C1. The van der Waals surface area contributed by atoms with Gasteiger partial charge in [-0.15, -0.1) is 0 Å². The molecule has 0 spiro atoms. The van der Waals surface area contributed by atoms with Crippen LogP contribution in [0.4, 0.5) is 0 Å². The normalized spacial score (nSPS) is 20.4. The van der Waals surface area contributed by atoms with E-state index >= 15 is 0 Å². The molecule has 0 aromatic heterocycles. The monoisotopic (exact) mass is 264 g/mol. The second kappa shape index (κ2) is 7.48. The molecule has 4 nitrogen and oxygen atoms in total. The van der Waals surface area contributed by atoms with Gasteiger partial charge in [0.1, 0.15) is 12.4 Å². The zero-order valence-electron chi connectivity index (χ0n) is 11.9. The highest BCUT2D eigenvalue weighted by Crippen LogP contribution is 2.20. The highest BCUT2D eigenvalue weighted by atomic mass is 16.5. The van der Waals surface area contributed by atoms with E-state index in [0.29, 0.717) is 19.3 Å². The first-order chi connectivity index (χ1) is 9.29. The molecule has 1 aromatic rings. The summed E-state index contributed by atoms with van der Waals surface area (Å²) in [7, 11) is 1.69. The molecule has 1 atom stereocenters. The molecule has 1 fully saturated rings. The maximum Gasteiger partial charge on any atom is 0.123 e. The van der Waals surface area contributed by atoms with Crippen LogP contribution in [0.3, 0.4) is 0 Å². The molecule has 106 valence electrons. The summed E-state index contributed by atoms with van der Waals surface area (Å²) in [4.78, 5) is 2.47. The Balaban J connectivity index is 1.94. The van der Waals surface area contributed by atoms with Crippen molar-refractivity contribution >= 4 is 0 Å². The third-order valence-electron chi connectivity index (χ3n) is 3.36. The Labute approximate surface area is 115 Å².